The van der Waals surface area contributed by atoms with E-state index in [1.54, 1.807) is 0 Å². The summed E-state index contributed by atoms with van der Waals surface area (Å²) < 4.78 is 5.74. The topological polar surface area (TPSA) is 52.1 Å². The molecule has 0 atom stereocenters. The van der Waals surface area contributed by atoms with Crippen LogP contribution in [0.25, 0.3) is 11.1 Å². The molecule has 1 aromatic carbocycles. The van der Waals surface area contributed by atoms with Gasteiger partial charge in [0, 0.05) is 22.2 Å². The molecule has 21 heavy (non-hydrogen) atoms. The molecule has 0 radical (unpaired) electrons. The number of methoxy groups -OCH3 is 1. The zero-order valence-electron chi connectivity index (χ0n) is 11.7. The Morgan fingerprint density at radius 2 is 2.10 bits per heavy atom. The van der Waals surface area contributed by atoms with Crippen LogP contribution in [0.1, 0.15) is 30.3 Å². The Morgan fingerprint density at radius 3 is 2.76 bits per heavy atom. The number of nitrogens with zero attached hydrogens (tertiary/aromatic N) is 2. The molecular weight excluding hydrogens is 332 g/mol. The van der Waals surface area contributed by atoms with Crippen molar-refractivity contribution in [3.05, 3.63) is 46.5 Å². The van der Waals surface area contributed by atoms with Crippen LogP contribution in [0.5, 0.6) is 0 Å². The van der Waals surface area contributed by atoms with Crippen LogP contribution >= 0.6 is 15.9 Å². The molecule has 1 aliphatic rings. The first-order chi connectivity index (χ1) is 10.2. The average molecular weight is 347 g/mol. The summed E-state index contributed by atoms with van der Waals surface area (Å²) in [4.78, 5) is 20.7. The molecule has 108 valence electrons. The van der Waals surface area contributed by atoms with Gasteiger partial charge in [-0.15, -0.1) is 0 Å². The van der Waals surface area contributed by atoms with Gasteiger partial charge in [0.15, 0.2) is 0 Å². The van der Waals surface area contributed by atoms with Crippen molar-refractivity contribution >= 4 is 21.9 Å². The normalized spacial score (nSPS) is 14.0. The first-order valence-corrected chi connectivity index (χ1v) is 7.66. The molecule has 0 aliphatic heterocycles. The minimum atomic E-state index is -0.288. The Balaban J connectivity index is 2.05. The number of aromatic nitrogens is 2. The molecule has 0 bridgehead atoms. The number of carbonyl (C=O) groups excluding carboxylic acids is 1. The third-order valence-electron chi connectivity index (χ3n) is 3.53. The van der Waals surface area contributed by atoms with Gasteiger partial charge in [-0.05, 0) is 24.5 Å². The van der Waals surface area contributed by atoms with Crippen molar-refractivity contribution in [3.63, 3.8) is 0 Å². The number of rotatable bonds is 4. The van der Waals surface area contributed by atoms with E-state index in [1.165, 1.54) is 7.11 Å². The van der Waals surface area contributed by atoms with E-state index in [0.717, 1.165) is 40.0 Å². The molecule has 3 rings (SSSR count). The van der Waals surface area contributed by atoms with Crippen LogP contribution < -0.4 is 0 Å². The number of hydrogen-bond donors (Lipinski definition) is 0. The van der Waals surface area contributed by atoms with E-state index in [0.29, 0.717) is 5.92 Å². The molecule has 1 aliphatic carbocycles. The second-order valence-corrected chi connectivity index (χ2v) is 5.95. The van der Waals surface area contributed by atoms with Gasteiger partial charge in [0.2, 0.25) is 0 Å². The van der Waals surface area contributed by atoms with Crippen molar-refractivity contribution in [1.29, 1.82) is 0 Å². The van der Waals surface area contributed by atoms with E-state index in [4.69, 9.17) is 4.74 Å². The van der Waals surface area contributed by atoms with Crippen molar-refractivity contribution in [2.45, 2.75) is 25.2 Å². The van der Waals surface area contributed by atoms with E-state index >= 15 is 0 Å². The number of halogens is 1. The van der Waals surface area contributed by atoms with Crippen molar-refractivity contribution in [3.8, 4) is 11.1 Å². The number of benzene rings is 1. The van der Waals surface area contributed by atoms with E-state index in [-0.39, 0.29) is 12.4 Å². The van der Waals surface area contributed by atoms with Gasteiger partial charge in [-0.2, -0.15) is 0 Å². The predicted molar refractivity (Wildman–Crippen MR) is 82.9 cm³/mol. The molecular formula is C16H15BrN2O2. The summed E-state index contributed by atoms with van der Waals surface area (Å²) >= 11 is 3.54. The van der Waals surface area contributed by atoms with Gasteiger partial charge in [0.1, 0.15) is 5.82 Å². The molecule has 0 saturated heterocycles. The van der Waals surface area contributed by atoms with Crippen molar-refractivity contribution in [2.24, 2.45) is 0 Å². The standard InChI is InChI=1S/C16H15BrN2O2/c1-21-15(20)8-14-12(11-4-2-3-5-13(11)17)9-18-16(19-14)10-6-7-10/h2-5,9-10H,6-8H2,1H3. The minimum absolute atomic E-state index is 0.162. The lowest BCUT2D eigenvalue weighted by Gasteiger charge is -2.11. The van der Waals surface area contributed by atoms with Gasteiger partial charge in [-0.25, -0.2) is 9.97 Å². The van der Waals surface area contributed by atoms with Gasteiger partial charge >= 0.3 is 5.97 Å². The molecule has 0 N–H and O–H groups in total. The molecule has 0 amide bonds. The van der Waals surface area contributed by atoms with Crippen LogP contribution in [0.3, 0.4) is 0 Å². The monoisotopic (exact) mass is 346 g/mol. The molecule has 2 aromatic rings. The summed E-state index contributed by atoms with van der Waals surface area (Å²) in [5, 5.41) is 0. The Bertz CT molecular complexity index is 684. The molecule has 1 aromatic heterocycles. The molecule has 1 fully saturated rings. The van der Waals surface area contributed by atoms with Gasteiger partial charge in [-0.1, -0.05) is 34.1 Å². The largest absolute Gasteiger partial charge is 0.469 e. The lowest BCUT2D eigenvalue weighted by Crippen LogP contribution is -2.10. The fraction of sp³-hybridized carbons (Fsp3) is 0.312. The van der Waals surface area contributed by atoms with Gasteiger partial charge < -0.3 is 4.74 Å². The summed E-state index contributed by atoms with van der Waals surface area (Å²) in [5.74, 6) is 1.00. The quantitative estimate of drug-likeness (QED) is 0.795. The molecule has 0 unspecified atom stereocenters. The van der Waals surface area contributed by atoms with Crippen LogP contribution in [0.15, 0.2) is 34.9 Å². The lowest BCUT2D eigenvalue weighted by atomic mass is 10.0. The highest BCUT2D eigenvalue weighted by Crippen LogP contribution is 2.39. The second-order valence-electron chi connectivity index (χ2n) is 5.10. The Labute approximate surface area is 131 Å². The highest BCUT2D eigenvalue weighted by molar-refractivity contribution is 9.10. The maximum Gasteiger partial charge on any atom is 0.311 e. The molecule has 4 nitrogen and oxygen atoms in total. The van der Waals surface area contributed by atoms with Gasteiger partial charge in [0.05, 0.1) is 19.2 Å². The molecule has 1 saturated carbocycles. The van der Waals surface area contributed by atoms with Crippen LogP contribution in [0.2, 0.25) is 0 Å². The van der Waals surface area contributed by atoms with Crippen LogP contribution in [-0.4, -0.2) is 23.0 Å². The summed E-state index contributed by atoms with van der Waals surface area (Å²) in [6.07, 6.45) is 4.24. The van der Waals surface area contributed by atoms with E-state index in [9.17, 15) is 4.79 Å². The smallest absolute Gasteiger partial charge is 0.311 e. The summed E-state index contributed by atoms with van der Waals surface area (Å²) in [6.45, 7) is 0. The van der Waals surface area contributed by atoms with Gasteiger partial charge in [0.25, 0.3) is 0 Å². The fourth-order valence-electron chi connectivity index (χ4n) is 2.22. The maximum atomic E-state index is 11.7. The predicted octanol–water partition coefficient (Wildman–Crippen LogP) is 3.50. The minimum Gasteiger partial charge on any atom is -0.469 e. The second kappa shape index (κ2) is 5.93. The van der Waals surface area contributed by atoms with Crippen molar-refractivity contribution in [1.82, 2.24) is 9.97 Å². The Morgan fingerprint density at radius 1 is 1.33 bits per heavy atom. The maximum absolute atomic E-state index is 11.7. The number of ether oxygens (including phenoxy) is 1. The molecule has 0 spiro atoms. The van der Waals surface area contributed by atoms with E-state index in [1.807, 2.05) is 30.5 Å². The Kier molecular flexibility index (Phi) is 4.01. The van der Waals surface area contributed by atoms with Gasteiger partial charge in [-0.3, -0.25) is 4.79 Å². The number of esters is 1. The zero-order valence-corrected chi connectivity index (χ0v) is 13.3. The average Bonchev–Trinajstić information content (AvgIpc) is 3.32. The molecule has 1 heterocycles. The van der Waals surface area contributed by atoms with Crippen LogP contribution in [0.4, 0.5) is 0 Å². The SMILES string of the molecule is COC(=O)Cc1nc(C2CC2)ncc1-c1ccccc1Br. The number of hydrogen-bond acceptors (Lipinski definition) is 4. The summed E-state index contributed by atoms with van der Waals surface area (Å²) in [6, 6.07) is 7.86. The molecule has 5 heteroatoms. The van der Waals surface area contributed by atoms with E-state index in [2.05, 4.69) is 25.9 Å². The highest BCUT2D eigenvalue weighted by atomic mass is 79.9. The number of carbonyl (C=O) groups is 1. The highest BCUT2D eigenvalue weighted by Gasteiger charge is 2.27. The van der Waals surface area contributed by atoms with Crippen molar-refractivity contribution in [2.75, 3.05) is 7.11 Å². The summed E-state index contributed by atoms with van der Waals surface area (Å²) in [5.41, 5.74) is 2.58. The third-order valence-corrected chi connectivity index (χ3v) is 4.22. The Hall–Kier alpha value is -1.75. The van der Waals surface area contributed by atoms with Crippen molar-refractivity contribution < 1.29 is 9.53 Å². The lowest BCUT2D eigenvalue weighted by molar-refractivity contribution is -0.139. The van der Waals surface area contributed by atoms with E-state index < -0.39 is 0 Å². The summed E-state index contributed by atoms with van der Waals surface area (Å²) in [7, 11) is 1.39. The van der Waals surface area contributed by atoms with Crippen LogP contribution in [0, 0.1) is 0 Å². The third kappa shape index (κ3) is 3.13. The first kappa shape index (κ1) is 14.2. The zero-order chi connectivity index (χ0) is 14.8. The van der Waals surface area contributed by atoms with Crippen LogP contribution in [-0.2, 0) is 16.0 Å². The fourth-order valence-corrected chi connectivity index (χ4v) is 2.72. The first-order valence-electron chi connectivity index (χ1n) is 6.86.